The van der Waals surface area contributed by atoms with Gasteiger partial charge in [0.2, 0.25) is 5.91 Å². The molecule has 5 nitrogen and oxygen atoms in total. The van der Waals surface area contributed by atoms with Crippen molar-refractivity contribution in [1.29, 1.82) is 5.26 Å². The first-order valence-corrected chi connectivity index (χ1v) is 7.16. The lowest BCUT2D eigenvalue weighted by Crippen LogP contribution is -2.46. The Labute approximate surface area is 117 Å². The van der Waals surface area contributed by atoms with Crippen molar-refractivity contribution in [1.82, 2.24) is 10.2 Å². The number of piperazine rings is 1. The van der Waals surface area contributed by atoms with Crippen molar-refractivity contribution >= 4 is 22.2 Å². The number of nitrogens with one attached hydrogen (secondary N) is 2. The van der Waals surface area contributed by atoms with E-state index >= 15 is 0 Å². The Morgan fingerprint density at radius 2 is 2.16 bits per heavy atom. The quantitative estimate of drug-likeness (QED) is 0.868. The van der Waals surface area contributed by atoms with Crippen molar-refractivity contribution in [2.75, 3.05) is 38.0 Å². The maximum atomic E-state index is 12.0. The molecule has 0 unspecified atom stereocenters. The zero-order valence-corrected chi connectivity index (χ0v) is 12.1. The Hall–Kier alpha value is -1.42. The number of nitrogens with zero attached hydrogens (tertiary/aromatic N) is 2. The van der Waals surface area contributed by atoms with Crippen molar-refractivity contribution in [2.45, 2.75) is 13.8 Å². The zero-order chi connectivity index (χ0) is 13.8. The maximum absolute atomic E-state index is 12.0. The Bertz CT molecular complexity index is 511. The van der Waals surface area contributed by atoms with Crippen LogP contribution in [0.2, 0.25) is 0 Å². The van der Waals surface area contributed by atoms with E-state index in [2.05, 4.69) is 21.6 Å². The van der Waals surface area contributed by atoms with Gasteiger partial charge in [-0.15, -0.1) is 11.3 Å². The predicted octanol–water partition coefficient (Wildman–Crippen LogP) is 1.08. The van der Waals surface area contributed by atoms with E-state index in [-0.39, 0.29) is 5.91 Å². The lowest BCUT2D eigenvalue weighted by Gasteiger charge is -2.26. The Kier molecular flexibility index (Phi) is 4.53. The molecule has 2 N–H and O–H groups in total. The smallest absolute Gasteiger partial charge is 0.239 e. The first-order chi connectivity index (χ1) is 9.11. The molecule has 2 rings (SSSR count). The van der Waals surface area contributed by atoms with Crippen LogP contribution < -0.4 is 10.6 Å². The number of hydrogen-bond acceptors (Lipinski definition) is 5. The van der Waals surface area contributed by atoms with E-state index in [4.69, 9.17) is 5.26 Å². The van der Waals surface area contributed by atoms with Crippen LogP contribution in [0.15, 0.2) is 0 Å². The Balaban J connectivity index is 1.99. The van der Waals surface area contributed by atoms with Crippen molar-refractivity contribution in [3.05, 3.63) is 16.0 Å². The second-order valence-corrected chi connectivity index (χ2v) is 5.90. The van der Waals surface area contributed by atoms with Crippen LogP contribution in [0.3, 0.4) is 0 Å². The fourth-order valence-corrected chi connectivity index (χ4v) is 3.12. The third kappa shape index (κ3) is 3.32. The van der Waals surface area contributed by atoms with Gasteiger partial charge in [0.15, 0.2) is 0 Å². The molecule has 0 spiro atoms. The number of thiophene rings is 1. The molecule has 6 heteroatoms. The Morgan fingerprint density at radius 3 is 2.79 bits per heavy atom. The SMILES string of the molecule is Cc1sc(NC(=O)CN2CCNCC2)c(C#N)c1C. The summed E-state index contributed by atoms with van der Waals surface area (Å²) in [4.78, 5) is 15.2. The third-order valence-electron chi connectivity index (χ3n) is 3.33. The van der Waals surface area contributed by atoms with Gasteiger partial charge in [-0.25, -0.2) is 0 Å². The van der Waals surface area contributed by atoms with E-state index < -0.39 is 0 Å². The topological polar surface area (TPSA) is 68.2 Å². The number of aryl methyl sites for hydroxylation is 1. The number of hydrogen-bond donors (Lipinski definition) is 2. The molecule has 1 aliphatic rings. The number of carbonyl (C=O) groups excluding carboxylic acids is 1. The highest BCUT2D eigenvalue weighted by molar-refractivity contribution is 7.16. The molecule has 1 aromatic rings. The largest absolute Gasteiger partial charge is 0.315 e. The summed E-state index contributed by atoms with van der Waals surface area (Å²) in [6.07, 6.45) is 0. The van der Waals surface area contributed by atoms with Gasteiger partial charge in [0.05, 0.1) is 12.1 Å². The number of rotatable bonds is 3. The summed E-state index contributed by atoms with van der Waals surface area (Å²) in [6, 6.07) is 2.17. The van der Waals surface area contributed by atoms with Crippen LogP contribution in [0.1, 0.15) is 16.0 Å². The molecule has 1 amide bonds. The number of carbonyl (C=O) groups is 1. The lowest BCUT2D eigenvalue weighted by molar-refractivity contribution is -0.117. The van der Waals surface area contributed by atoms with Gasteiger partial charge in [-0.2, -0.15) is 5.26 Å². The minimum Gasteiger partial charge on any atom is -0.315 e. The molecule has 1 aromatic heterocycles. The van der Waals surface area contributed by atoms with Crippen LogP contribution in [0.5, 0.6) is 0 Å². The van der Waals surface area contributed by atoms with Crippen molar-refractivity contribution in [3.8, 4) is 6.07 Å². The molecule has 1 saturated heterocycles. The highest BCUT2D eigenvalue weighted by Crippen LogP contribution is 2.31. The van der Waals surface area contributed by atoms with Gasteiger partial charge in [0, 0.05) is 31.1 Å². The minimum atomic E-state index is -0.0420. The standard InChI is InChI=1S/C13H18N4OS/c1-9-10(2)19-13(11(9)7-14)16-12(18)8-17-5-3-15-4-6-17/h15H,3-6,8H2,1-2H3,(H,16,18). The second kappa shape index (κ2) is 6.15. The third-order valence-corrected chi connectivity index (χ3v) is 4.45. The average Bonchev–Trinajstić information content (AvgIpc) is 2.65. The van der Waals surface area contributed by atoms with Crippen LogP contribution in [-0.4, -0.2) is 43.5 Å². The van der Waals surface area contributed by atoms with Crippen LogP contribution >= 0.6 is 11.3 Å². The summed E-state index contributed by atoms with van der Waals surface area (Å²) < 4.78 is 0. The summed E-state index contributed by atoms with van der Waals surface area (Å²) >= 11 is 1.47. The first-order valence-electron chi connectivity index (χ1n) is 6.35. The van der Waals surface area contributed by atoms with Crippen molar-refractivity contribution in [2.24, 2.45) is 0 Å². The molecule has 0 saturated carbocycles. The molecule has 19 heavy (non-hydrogen) atoms. The summed E-state index contributed by atoms with van der Waals surface area (Å²) in [5.74, 6) is -0.0420. The van der Waals surface area contributed by atoms with E-state index in [0.29, 0.717) is 17.1 Å². The number of amides is 1. The van der Waals surface area contributed by atoms with Gasteiger partial charge in [0.1, 0.15) is 11.1 Å². The van der Waals surface area contributed by atoms with Crippen LogP contribution in [-0.2, 0) is 4.79 Å². The van der Waals surface area contributed by atoms with Crippen molar-refractivity contribution < 1.29 is 4.79 Å². The van der Waals surface area contributed by atoms with Crippen molar-refractivity contribution in [3.63, 3.8) is 0 Å². The molecule has 1 fully saturated rings. The van der Waals surface area contributed by atoms with E-state index in [0.717, 1.165) is 36.6 Å². The molecular weight excluding hydrogens is 260 g/mol. The van der Waals surface area contributed by atoms with Gasteiger partial charge in [0.25, 0.3) is 0 Å². The predicted molar refractivity (Wildman–Crippen MR) is 76.4 cm³/mol. The van der Waals surface area contributed by atoms with E-state index in [1.54, 1.807) is 0 Å². The van der Waals surface area contributed by atoms with E-state index in [9.17, 15) is 4.79 Å². The van der Waals surface area contributed by atoms with Gasteiger partial charge < -0.3 is 10.6 Å². The highest BCUT2D eigenvalue weighted by atomic mass is 32.1. The number of anilines is 1. The summed E-state index contributed by atoms with van der Waals surface area (Å²) in [6.45, 7) is 7.90. The lowest BCUT2D eigenvalue weighted by atomic mass is 10.2. The normalized spacial score (nSPS) is 16.1. The molecule has 102 valence electrons. The van der Waals surface area contributed by atoms with Crippen LogP contribution in [0.4, 0.5) is 5.00 Å². The van der Waals surface area contributed by atoms with Gasteiger partial charge in [-0.05, 0) is 19.4 Å². The molecule has 2 heterocycles. The second-order valence-electron chi connectivity index (χ2n) is 4.67. The fraction of sp³-hybridized carbons (Fsp3) is 0.538. The zero-order valence-electron chi connectivity index (χ0n) is 11.2. The molecule has 0 radical (unpaired) electrons. The van der Waals surface area contributed by atoms with Gasteiger partial charge in [-0.3, -0.25) is 9.69 Å². The molecule has 0 bridgehead atoms. The molecule has 0 atom stereocenters. The highest BCUT2D eigenvalue weighted by Gasteiger charge is 2.17. The first kappa shape index (κ1) is 14.0. The molecule has 0 aliphatic carbocycles. The molecule has 1 aliphatic heterocycles. The minimum absolute atomic E-state index is 0.0420. The summed E-state index contributed by atoms with van der Waals surface area (Å²) in [5, 5.41) is 15.9. The van der Waals surface area contributed by atoms with Crippen LogP contribution in [0.25, 0.3) is 0 Å². The van der Waals surface area contributed by atoms with E-state index in [1.807, 2.05) is 13.8 Å². The van der Waals surface area contributed by atoms with Gasteiger partial charge in [-0.1, -0.05) is 0 Å². The average molecular weight is 278 g/mol. The van der Waals surface area contributed by atoms with E-state index in [1.165, 1.54) is 11.3 Å². The van der Waals surface area contributed by atoms with Gasteiger partial charge >= 0.3 is 0 Å². The molecule has 0 aromatic carbocycles. The summed E-state index contributed by atoms with van der Waals surface area (Å²) in [5.41, 5.74) is 1.56. The number of nitriles is 1. The monoisotopic (exact) mass is 278 g/mol. The molecular formula is C13H18N4OS. The Morgan fingerprint density at radius 1 is 1.47 bits per heavy atom. The maximum Gasteiger partial charge on any atom is 0.239 e. The summed E-state index contributed by atoms with van der Waals surface area (Å²) in [7, 11) is 0. The van der Waals surface area contributed by atoms with Crippen LogP contribution in [0, 0.1) is 25.2 Å². The fourth-order valence-electron chi connectivity index (χ4n) is 2.09.